The van der Waals surface area contributed by atoms with E-state index >= 15 is 0 Å². The molecule has 0 saturated carbocycles. The zero-order valence-corrected chi connectivity index (χ0v) is 18.0. The van der Waals surface area contributed by atoms with Crippen LogP contribution in [0, 0.1) is 0 Å². The first-order chi connectivity index (χ1) is 14.6. The fourth-order valence-corrected chi connectivity index (χ4v) is 4.00. The van der Waals surface area contributed by atoms with Crippen LogP contribution in [0.4, 0.5) is 0 Å². The molecule has 1 aliphatic rings. The Labute approximate surface area is 180 Å². The lowest BCUT2D eigenvalue weighted by Crippen LogP contribution is -2.63. The molecular formula is C18H28N6O6S. The lowest BCUT2D eigenvalue weighted by molar-refractivity contribution is -0.144. The number of carboxylic acid groups (broad SMARTS) is 1. The number of rotatable bonds is 11. The van der Waals surface area contributed by atoms with Gasteiger partial charge in [0.25, 0.3) is 0 Å². The molecule has 0 spiro atoms. The van der Waals surface area contributed by atoms with Crippen LogP contribution in [-0.2, 0) is 14.8 Å². The maximum absolute atomic E-state index is 12.9. The molecule has 1 atom stereocenters. The number of benzene rings is 1. The van der Waals surface area contributed by atoms with Crippen molar-refractivity contribution >= 4 is 27.7 Å². The number of carbonyl (C=O) groups is 2. The minimum atomic E-state index is -4.26. The summed E-state index contributed by atoms with van der Waals surface area (Å²) in [6, 6.07) is 5.67. The highest BCUT2D eigenvalue weighted by molar-refractivity contribution is 7.89. The van der Waals surface area contributed by atoms with Gasteiger partial charge in [0.1, 0.15) is 12.4 Å². The summed E-state index contributed by atoms with van der Waals surface area (Å²) in [7, 11) is -4.26. The largest absolute Gasteiger partial charge is 0.492 e. The molecule has 13 heteroatoms. The Morgan fingerprint density at radius 1 is 1.35 bits per heavy atom. The normalized spacial score (nSPS) is 16.1. The number of hydrazine groups is 1. The van der Waals surface area contributed by atoms with Crippen molar-refractivity contribution in [1.29, 1.82) is 0 Å². The number of carbonyl (C=O) groups excluding carboxylic acids is 1. The molecule has 12 nitrogen and oxygen atoms in total. The molecule has 0 radical (unpaired) electrons. The van der Waals surface area contributed by atoms with Crippen molar-refractivity contribution in [3.05, 3.63) is 29.8 Å². The Balaban J connectivity index is 2.04. The molecule has 1 aromatic rings. The molecule has 1 aliphatic heterocycles. The highest BCUT2D eigenvalue weighted by Gasteiger charge is 2.51. The maximum Gasteiger partial charge on any atom is 0.334 e. The first-order valence-corrected chi connectivity index (χ1v) is 11.2. The third-order valence-corrected chi connectivity index (χ3v) is 6.37. The molecule has 7 N–H and O–H groups in total. The third kappa shape index (κ3) is 5.91. The lowest BCUT2D eigenvalue weighted by Gasteiger charge is -2.31. The Kier molecular flexibility index (Phi) is 8.33. The Bertz CT molecular complexity index is 920. The topological polar surface area (TPSA) is 189 Å². The van der Waals surface area contributed by atoms with Crippen molar-refractivity contribution in [3.8, 4) is 5.75 Å². The van der Waals surface area contributed by atoms with E-state index in [-0.39, 0.29) is 16.5 Å². The van der Waals surface area contributed by atoms with Crippen LogP contribution in [0.2, 0.25) is 0 Å². The number of nitrogens with zero attached hydrogens (tertiary/aromatic N) is 2. The molecule has 2 rings (SSSR count). The minimum Gasteiger partial charge on any atom is -0.492 e. The van der Waals surface area contributed by atoms with Crippen molar-refractivity contribution < 1.29 is 27.9 Å². The second kappa shape index (κ2) is 10.5. The number of sulfonamides is 1. The number of nitrogens with one attached hydrogen (secondary N) is 2. The van der Waals surface area contributed by atoms with E-state index in [0.29, 0.717) is 18.9 Å². The van der Waals surface area contributed by atoms with E-state index < -0.39 is 33.1 Å². The smallest absolute Gasteiger partial charge is 0.334 e. The van der Waals surface area contributed by atoms with Gasteiger partial charge in [-0.05, 0) is 37.6 Å². The van der Waals surface area contributed by atoms with Gasteiger partial charge in [0.05, 0.1) is 12.3 Å². The monoisotopic (exact) mass is 456 g/mol. The molecule has 0 saturated heterocycles. The number of carboxylic acids is 1. The highest BCUT2D eigenvalue weighted by Crippen LogP contribution is 2.23. The van der Waals surface area contributed by atoms with Crippen LogP contribution < -0.4 is 26.9 Å². The van der Waals surface area contributed by atoms with Gasteiger partial charge < -0.3 is 26.2 Å². The number of aliphatic carboxylic acids is 1. The molecule has 0 fully saturated rings. The van der Waals surface area contributed by atoms with E-state index in [1.807, 2.05) is 0 Å². The number of ketones is 1. The maximum atomic E-state index is 12.9. The van der Waals surface area contributed by atoms with E-state index in [2.05, 4.69) is 15.6 Å². The summed E-state index contributed by atoms with van der Waals surface area (Å²) in [6.45, 7) is 3.13. The standard InChI is InChI=1S/C18H28N6O6S/c1-18(16(26)27,24(20)31(28,29)12-7-19)15(25)13-3-5-14(6-4-13)30-11-10-23-17-21-8-2-9-22-17/h3-6H,2,7-12,19-20H2,1H3,(H,26,27)(H2,21,22,23)/t18-/m0/s1. The van der Waals surface area contributed by atoms with Crippen molar-refractivity contribution in [2.24, 2.45) is 16.6 Å². The van der Waals surface area contributed by atoms with Gasteiger partial charge in [-0.2, -0.15) is 0 Å². The fourth-order valence-electron chi connectivity index (χ4n) is 2.79. The first-order valence-electron chi connectivity index (χ1n) is 9.64. The van der Waals surface area contributed by atoms with E-state index in [9.17, 15) is 23.1 Å². The average molecular weight is 457 g/mol. The summed E-state index contributed by atoms with van der Waals surface area (Å²) in [6.07, 6.45) is 0.995. The number of aliphatic imine (C=N–C) groups is 1. The summed E-state index contributed by atoms with van der Waals surface area (Å²) >= 11 is 0. The van der Waals surface area contributed by atoms with E-state index in [1.165, 1.54) is 24.3 Å². The number of hydrogen-bond donors (Lipinski definition) is 5. The quantitative estimate of drug-likeness (QED) is 0.0860. The Hall–Kier alpha value is -2.74. The van der Waals surface area contributed by atoms with E-state index in [1.54, 1.807) is 0 Å². The number of Topliss-reactive ketones (excluding diaryl/α,β-unsaturated/α-hetero) is 1. The summed E-state index contributed by atoms with van der Waals surface area (Å²) in [5.41, 5.74) is 2.68. The summed E-state index contributed by atoms with van der Waals surface area (Å²) in [5, 5.41) is 15.8. The second-order valence-electron chi connectivity index (χ2n) is 6.92. The number of ether oxygens (including phenoxy) is 1. The Morgan fingerprint density at radius 2 is 2.03 bits per heavy atom. The summed E-state index contributed by atoms with van der Waals surface area (Å²) < 4.78 is 30.0. The number of guanidine groups is 1. The van der Waals surface area contributed by atoms with E-state index in [0.717, 1.165) is 32.4 Å². The molecule has 0 unspecified atom stereocenters. The van der Waals surface area contributed by atoms with Crippen molar-refractivity contribution in [2.75, 3.05) is 38.5 Å². The predicted octanol–water partition coefficient (Wildman–Crippen LogP) is -1.51. The third-order valence-electron chi connectivity index (χ3n) is 4.65. The van der Waals surface area contributed by atoms with Gasteiger partial charge in [0.2, 0.25) is 15.6 Å². The van der Waals surface area contributed by atoms with Gasteiger partial charge in [0, 0.05) is 25.2 Å². The lowest BCUT2D eigenvalue weighted by atomic mass is 9.92. The second-order valence-corrected chi connectivity index (χ2v) is 8.88. The average Bonchev–Trinajstić information content (AvgIpc) is 2.76. The van der Waals surface area contributed by atoms with Gasteiger partial charge in [-0.3, -0.25) is 15.6 Å². The van der Waals surface area contributed by atoms with Crippen LogP contribution in [0.5, 0.6) is 5.75 Å². The summed E-state index contributed by atoms with van der Waals surface area (Å²) in [5.74, 6) is 3.46. The SMILES string of the molecule is C[C@@](C(=O)O)(C(=O)c1ccc(OCCNC2=NCCCN2)cc1)N(N)S(=O)(=O)CCN. The molecule has 172 valence electrons. The molecular weight excluding hydrogens is 428 g/mol. The van der Waals surface area contributed by atoms with Gasteiger partial charge in [-0.1, -0.05) is 0 Å². The van der Waals surface area contributed by atoms with Crippen molar-refractivity contribution in [3.63, 3.8) is 0 Å². The van der Waals surface area contributed by atoms with Crippen LogP contribution >= 0.6 is 0 Å². The van der Waals surface area contributed by atoms with Crippen LogP contribution in [-0.4, -0.2) is 79.7 Å². The van der Waals surface area contributed by atoms with Gasteiger partial charge in [-0.15, -0.1) is 4.41 Å². The Morgan fingerprint density at radius 3 is 2.58 bits per heavy atom. The molecule has 0 amide bonds. The van der Waals surface area contributed by atoms with Crippen molar-refractivity contribution in [1.82, 2.24) is 15.0 Å². The zero-order valence-electron chi connectivity index (χ0n) is 17.2. The molecule has 0 aromatic heterocycles. The fraction of sp³-hybridized carbons (Fsp3) is 0.500. The van der Waals surface area contributed by atoms with Crippen LogP contribution in [0.25, 0.3) is 0 Å². The van der Waals surface area contributed by atoms with Gasteiger partial charge in [-0.25, -0.2) is 13.2 Å². The summed E-state index contributed by atoms with van der Waals surface area (Å²) in [4.78, 5) is 29.0. The molecule has 1 aromatic carbocycles. The number of hydrogen-bond acceptors (Lipinski definition) is 10. The molecule has 0 bridgehead atoms. The van der Waals surface area contributed by atoms with Crippen LogP contribution in [0.15, 0.2) is 29.3 Å². The first kappa shape index (κ1) is 24.5. The highest BCUT2D eigenvalue weighted by atomic mass is 32.2. The van der Waals surface area contributed by atoms with Gasteiger partial charge >= 0.3 is 5.97 Å². The molecule has 0 aliphatic carbocycles. The van der Waals surface area contributed by atoms with Crippen LogP contribution in [0.1, 0.15) is 23.7 Å². The van der Waals surface area contributed by atoms with E-state index in [4.69, 9.17) is 16.3 Å². The minimum absolute atomic E-state index is 0.0328. The predicted molar refractivity (Wildman–Crippen MR) is 114 cm³/mol. The van der Waals surface area contributed by atoms with Gasteiger partial charge in [0.15, 0.2) is 11.7 Å². The molecule has 31 heavy (non-hydrogen) atoms. The van der Waals surface area contributed by atoms with Crippen molar-refractivity contribution in [2.45, 2.75) is 18.9 Å². The van der Waals surface area contributed by atoms with Crippen LogP contribution in [0.3, 0.4) is 0 Å². The zero-order chi connectivity index (χ0) is 23.1. The number of nitrogens with two attached hydrogens (primary N) is 2. The molecule has 1 heterocycles.